The van der Waals surface area contributed by atoms with Crippen LogP contribution >= 0.6 is 0 Å². The Kier molecular flexibility index (Phi) is 1.43. The van der Waals surface area contributed by atoms with Crippen molar-refractivity contribution in [2.24, 2.45) is 0 Å². The van der Waals surface area contributed by atoms with E-state index in [0.29, 0.717) is 5.75 Å². The minimum atomic E-state index is -2.16. The highest BCUT2D eigenvalue weighted by Crippen LogP contribution is 2.27. The Morgan fingerprint density at radius 3 is 2.75 bits per heavy atom. The molecule has 0 radical (unpaired) electrons. The van der Waals surface area contributed by atoms with Gasteiger partial charge in [0.05, 0.1) is 0 Å². The fraction of sp³-hybridized carbons (Fsp3) is 0.111. The Morgan fingerprint density at radius 2 is 1.92 bits per heavy atom. The molecular formula is C9H8O3. The second-order valence-corrected chi connectivity index (χ2v) is 2.63. The van der Waals surface area contributed by atoms with E-state index < -0.39 is 5.97 Å². The van der Waals surface area contributed by atoms with E-state index in [9.17, 15) is 0 Å². The lowest BCUT2D eigenvalue weighted by Crippen LogP contribution is -2.34. The van der Waals surface area contributed by atoms with Crippen molar-refractivity contribution in [3.8, 4) is 5.75 Å². The van der Waals surface area contributed by atoms with E-state index in [1.807, 2.05) is 12.1 Å². The predicted molar refractivity (Wildman–Crippen MR) is 43.3 cm³/mol. The molecule has 1 aromatic rings. The van der Waals surface area contributed by atoms with Crippen molar-refractivity contribution in [2.45, 2.75) is 5.97 Å². The second kappa shape index (κ2) is 2.33. The van der Waals surface area contributed by atoms with Crippen LogP contribution in [0.4, 0.5) is 0 Å². The summed E-state index contributed by atoms with van der Waals surface area (Å²) in [6, 6.07) is 7.14. The SMILES string of the molecule is OC1(O)C=Cc2ccccc2O1. The van der Waals surface area contributed by atoms with Crippen LogP contribution in [0.25, 0.3) is 6.08 Å². The number of fused-ring (bicyclic) bond motifs is 1. The van der Waals surface area contributed by atoms with Crippen molar-refractivity contribution in [1.82, 2.24) is 0 Å². The molecule has 0 spiro atoms. The molecule has 0 aliphatic carbocycles. The molecule has 12 heavy (non-hydrogen) atoms. The van der Waals surface area contributed by atoms with Gasteiger partial charge in [0.1, 0.15) is 5.75 Å². The molecule has 1 aliphatic rings. The van der Waals surface area contributed by atoms with Gasteiger partial charge in [-0.1, -0.05) is 18.2 Å². The number of rotatable bonds is 0. The van der Waals surface area contributed by atoms with Gasteiger partial charge in [-0.2, -0.15) is 0 Å². The predicted octanol–water partition coefficient (Wildman–Crippen LogP) is 0.731. The smallest absolute Gasteiger partial charge is 0.344 e. The summed E-state index contributed by atoms with van der Waals surface area (Å²) in [5.74, 6) is -1.68. The van der Waals surface area contributed by atoms with E-state index in [0.717, 1.165) is 5.56 Å². The third-order valence-corrected chi connectivity index (χ3v) is 1.66. The number of hydrogen-bond donors (Lipinski definition) is 2. The molecule has 2 N–H and O–H groups in total. The molecule has 0 saturated carbocycles. The molecule has 0 aromatic heterocycles. The zero-order valence-corrected chi connectivity index (χ0v) is 6.27. The molecule has 0 bridgehead atoms. The summed E-state index contributed by atoms with van der Waals surface area (Å²) < 4.78 is 4.84. The summed E-state index contributed by atoms with van der Waals surface area (Å²) in [4.78, 5) is 0. The number of hydrogen-bond acceptors (Lipinski definition) is 3. The summed E-state index contributed by atoms with van der Waals surface area (Å²) in [6.45, 7) is 0. The maximum absolute atomic E-state index is 9.07. The molecule has 0 atom stereocenters. The summed E-state index contributed by atoms with van der Waals surface area (Å²) >= 11 is 0. The van der Waals surface area contributed by atoms with Crippen LogP contribution in [0.1, 0.15) is 5.56 Å². The molecule has 1 aliphatic heterocycles. The molecule has 0 fully saturated rings. The molecule has 3 heteroatoms. The Morgan fingerprint density at radius 1 is 1.17 bits per heavy atom. The lowest BCUT2D eigenvalue weighted by molar-refractivity contribution is -0.254. The molecular weight excluding hydrogens is 156 g/mol. The van der Waals surface area contributed by atoms with Gasteiger partial charge < -0.3 is 14.9 Å². The molecule has 62 valence electrons. The first-order valence-corrected chi connectivity index (χ1v) is 3.59. The van der Waals surface area contributed by atoms with Crippen LogP contribution in [0.2, 0.25) is 0 Å². The van der Waals surface area contributed by atoms with E-state index in [1.54, 1.807) is 18.2 Å². The van der Waals surface area contributed by atoms with Crippen LogP contribution in [0.15, 0.2) is 30.3 Å². The van der Waals surface area contributed by atoms with Crippen molar-refractivity contribution < 1.29 is 14.9 Å². The maximum Gasteiger partial charge on any atom is 0.344 e. The minimum absolute atomic E-state index is 0.477. The Balaban J connectivity index is 2.46. The lowest BCUT2D eigenvalue weighted by atomic mass is 10.1. The molecule has 0 saturated heterocycles. The van der Waals surface area contributed by atoms with Crippen molar-refractivity contribution in [1.29, 1.82) is 0 Å². The fourth-order valence-electron chi connectivity index (χ4n) is 1.11. The quantitative estimate of drug-likeness (QED) is 0.556. The van der Waals surface area contributed by atoms with E-state index in [2.05, 4.69) is 0 Å². The van der Waals surface area contributed by atoms with Gasteiger partial charge in [0.25, 0.3) is 0 Å². The van der Waals surface area contributed by atoms with Crippen LogP contribution in [0, 0.1) is 0 Å². The van der Waals surface area contributed by atoms with Gasteiger partial charge in [-0.05, 0) is 12.1 Å². The second-order valence-electron chi connectivity index (χ2n) is 2.63. The van der Waals surface area contributed by atoms with E-state index >= 15 is 0 Å². The normalized spacial score (nSPS) is 18.2. The van der Waals surface area contributed by atoms with Gasteiger partial charge in [-0.25, -0.2) is 0 Å². The Hall–Kier alpha value is -1.32. The molecule has 0 unspecified atom stereocenters. The zero-order chi connectivity index (χ0) is 8.60. The third-order valence-electron chi connectivity index (χ3n) is 1.66. The van der Waals surface area contributed by atoms with Crippen molar-refractivity contribution in [3.05, 3.63) is 35.9 Å². The first-order valence-electron chi connectivity index (χ1n) is 3.59. The van der Waals surface area contributed by atoms with Gasteiger partial charge in [0, 0.05) is 11.6 Å². The zero-order valence-electron chi connectivity index (χ0n) is 6.27. The molecule has 2 rings (SSSR count). The van der Waals surface area contributed by atoms with E-state index in [1.165, 1.54) is 6.08 Å². The molecule has 0 amide bonds. The van der Waals surface area contributed by atoms with Gasteiger partial charge in [0.15, 0.2) is 0 Å². The van der Waals surface area contributed by atoms with Gasteiger partial charge in [0.2, 0.25) is 0 Å². The van der Waals surface area contributed by atoms with Crippen molar-refractivity contribution in [2.75, 3.05) is 0 Å². The Labute approximate surface area is 69.5 Å². The van der Waals surface area contributed by atoms with Crippen molar-refractivity contribution in [3.63, 3.8) is 0 Å². The topological polar surface area (TPSA) is 49.7 Å². The van der Waals surface area contributed by atoms with Crippen LogP contribution in [0.5, 0.6) is 5.75 Å². The van der Waals surface area contributed by atoms with Gasteiger partial charge >= 0.3 is 5.97 Å². The lowest BCUT2D eigenvalue weighted by Gasteiger charge is -2.23. The third kappa shape index (κ3) is 1.20. The molecule has 1 aromatic carbocycles. The monoisotopic (exact) mass is 164 g/mol. The standard InChI is InChI=1S/C9H8O3/c10-9(11)6-5-7-3-1-2-4-8(7)12-9/h1-6,10-11H. The summed E-state index contributed by atoms with van der Waals surface area (Å²) in [7, 11) is 0. The minimum Gasteiger partial charge on any atom is -0.435 e. The van der Waals surface area contributed by atoms with Gasteiger partial charge in [-0.15, -0.1) is 0 Å². The summed E-state index contributed by atoms with van der Waals surface area (Å²) in [5.41, 5.74) is 0.844. The Bertz CT molecular complexity index is 328. The van der Waals surface area contributed by atoms with Crippen LogP contribution in [-0.4, -0.2) is 16.2 Å². The number of aliphatic hydroxyl groups is 2. The number of ether oxygens (including phenoxy) is 1. The van der Waals surface area contributed by atoms with Crippen LogP contribution < -0.4 is 4.74 Å². The summed E-state index contributed by atoms with van der Waals surface area (Å²) in [5, 5.41) is 18.1. The van der Waals surface area contributed by atoms with Crippen LogP contribution in [-0.2, 0) is 0 Å². The highest BCUT2D eigenvalue weighted by molar-refractivity contribution is 5.59. The van der Waals surface area contributed by atoms with E-state index in [-0.39, 0.29) is 0 Å². The number of benzene rings is 1. The summed E-state index contributed by atoms with van der Waals surface area (Å²) in [6.07, 6.45) is 2.80. The highest BCUT2D eigenvalue weighted by Gasteiger charge is 2.25. The molecule has 3 nitrogen and oxygen atoms in total. The van der Waals surface area contributed by atoms with Crippen LogP contribution in [0.3, 0.4) is 0 Å². The first-order chi connectivity index (χ1) is 5.67. The van der Waals surface area contributed by atoms with E-state index in [4.69, 9.17) is 14.9 Å². The molecule has 1 heterocycles. The fourth-order valence-corrected chi connectivity index (χ4v) is 1.11. The average molecular weight is 164 g/mol. The first kappa shape index (κ1) is 7.34. The highest BCUT2D eigenvalue weighted by atomic mass is 16.8. The largest absolute Gasteiger partial charge is 0.435 e. The average Bonchev–Trinajstić information content (AvgIpc) is 2.02. The van der Waals surface area contributed by atoms with Crippen molar-refractivity contribution >= 4 is 6.08 Å². The maximum atomic E-state index is 9.07. The van der Waals surface area contributed by atoms with Gasteiger partial charge in [-0.3, -0.25) is 0 Å². The number of para-hydroxylation sites is 1.